The minimum Gasteiger partial charge on any atom is -0.330 e. The van der Waals surface area contributed by atoms with Crippen LogP contribution >= 0.6 is 0 Å². The van der Waals surface area contributed by atoms with Gasteiger partial charge in [0, 0.05) is 20.5 Å². The first-order valence-corrected chi connectivity index (χ1v) is 6.51. The molecule has 112 valence electrons. The average Bonchev–Trinajstić information content (AvgIpc) is 2.48. The molecule has 3 N–H and O–H groups in total. The number of hydrogen-bond acceptors (Lipinski definition) is 5. The van der Waals surface area contributed by atoms with Crippen LogP contribution in [0.1, 0.15) is 12.8 Å². The monoisotopic (exact) mass is 291 g/mol. The van der Waals surface area contributed by atoms with E-state index in [1.807, 2.05) is 0 Å². The summed E-state index contributed by atoms with van der Waals surface area (Å²) >= 11 is 0. The summed E-state index contributed by atoms with van der Waals surface area (Å²) in [5.74, 6) is -0.191. The smallest absolute Gasteiger partial charge is 0.330 e. The van der Waals surface area contributed by atoms with Crippen molar-refractivity contribution in [2.45, 2.75) is 12.8 Å². The molecular formula is C13H17N5O3. The van der Waals surface area contributed by atoms with Crippen molar-refractivity contribution >= 4 is 22.6 Å². The van der Waals surface area contributed by atoms with Gasteiger partial charge in [-0.05, 0) is 19.0 Å². The second-order valence-corrected chi connectivity index (χ2v) is 4.74. The van der Waals surface area contributed by atoms with Gasteiger partial charge in [0.2, 0.25) is 5.91 Å². The van der Waals surface area contributed by atoms with Gasteiger partial charge in [-0.1, -0.05) is 0 Å². The van der Waals surface area contributed by atoms with E-state index in [9.17, 15) is 14.4 Å². The zero-order chi connectivity index (χ0) is 15.6. The highest BCUT2D eigenvalue weighted by atomic mass is 16.2. The van der Waals surface area contributed by atoms with E-state index in [1.54, 1.807) is 0 Å². The molecule has 0 radical (unpaired) electrons. The quantitative estimate of drug-likeness (QED) is 0.774. The molecule has 2 rings (SSSR count). The zero-order valence-corrected chi connectivity index (χ0v) is 11.9. The number of nitrogens with zero attached hydrogens (tertiary/aromatic N) is 3. The molecule has 0 unspecified atom stereocenters. The lowest BCUT2D eigenvalue weighted by molar-refractivity contribution is -0.116. The van der Waals surface area contributed by atoms with E-state index in [2.05, 4.69) is 10.3 Å². The number of pyridine rings is 1. The highest BCUT2D eigenvalue weighted by Gasteiger charge is 2.11. The minimum absolute atomic E-state index is 0.191. The third-order valence-electron chi connectivity index (χ3n) is 3.18. The number of fused-ring (bicyclic) bond motifs is 1. The standard InChI is InChI=1S/C13H17N5O3/c1-17-11-9(12(20)18(2)13(17)21)6-8(7-15-11)16-10(19)4-3-5-14/h6-7H,3-5,14H2,1-2H3,(H,16,19). The zero-order valence-electron chi connectivity index (χ0n) is 11.9. The van der Waals surface area contributed by atoms with Gasteiger partial charge >= 0.3 is 5.69 Å². The predicted molar refractivity (Wildman–Crippen MR) is 79.1 cm³/mol. The van der Waals surface area contributed by atoms with Crippen molar-refractivity contribution in [1.29, 1.82) is 0 Å². The number of rotatable bonds is 4. The maximum atomic E-state index is 12.1. The van der Waals surface area contributed by atoms with Crippen LogP contribution < -0.4 is 22.3 Å². The molecule has 0 saturated carbocycles. The number of aromatic nitrogens is 3. The van der Waals surface area contributed by atoms with E-state index < -0.39 is 11.2 Å². The van der Waals surface area contributed by atoms with E-state index in [4.69, 9.17) is 5.73 Å². The van der Waals surface area contributed by atoms with Gasteiger partial charge in [0.25, 0.3) is 5.56 Å². The SMILES string of the molecule is Cn1c(=O)c2cc(NC(=O)CCCN)cnc2n(C)c1=O. The lowest BCUT2D eigenvalue weighted by Crippen LogP contribution is -2.37. The Morgan fingerprint density at radius 3 is 2.71 bits per heavy atom. The summed E-state index contributed by atoms with van der Waals surface area (Å²) in [5, 5.41) is 2.93. The molecule has 0 atom stereocenters. The van der Waals surface area contributed by atoms with Crippen molar-refractivity contribution in [3.8, 4) is 0 Å². The Bertz CT molecular complexity index is 806. The Hall–Kier alpha value is -2.48. The number of anilines is 1. The number of nitrogens with one attached hydrogen (secondary N) is 1. The number of nitrogens with two attached hydrogens (primary N) is 1. The van der Waals surface area contributed by atoms with Crippen molar-refractivity contribution in [2.75, 3.05) is 11.9 Å². The van der Waals surface area contributed by atoms with Gasteiger partial charge in [-0.2, -0.15) is 0 Å². The molecule has 0 spiro atoms. The van der Waals surface area contributed by atoms with Crippen LogP contribution in [-0.2, 0) is 18.9 Å². The normalized spacial score (nSPS) is 10.8. The third-order valence-corrected chi connectivity index (χ3v) is 3.18. The second-order valence-electron chi connectivity index (χ2n) is 4.74. The molecule has 8 nitrogen and oxygen atoms in total. The molecule has 0 aliphatic carbocycles. The van der Waals surface area contributed by atoms with Gasteiger partial charge in [0.1, 0.15) is 5.65 Å². The van der Waals surface area contributed by atoms with Gasteiger partial charge in [-0.15, -0.1) is 0 Å². The highest BCUT2D eigenvalue weighted by Crippen LogP contribution is 2.12. The molecule has 0 bridgehead atoms. The van der Waals surface area contributed by atoms with E-state index in [0.29, 0.717) is 25.1 Å². The fourth-order valence-electron chi connectivity index (χ4n) is 2.02. The summed E-state index contributed by atoms with van der Waals surface area (Å²) in [5.41, 5.74) is 5.15. The molecule has 0 aromatic carbocycles. The van der Waals surface area contributed by atoms with E-state index >= 15 is 0 Å². The van der Waals surface area contributed by atoms with Crippen LogP contribution in [0.3, 0.4) is 0 Å². The molecule has 0 saturated heterocycles. The van der Waals surface area contributed by atoms with Gasteiger partial charge in [-0.3, -0.25) is 18.7 Å². The first-order valence-electron chi connectivity index (χ1n) is 6.51. The van der Waals surface area contributed by atoms with Crippen LogP contribution in [0.25, 0.3) is 11.0 Å². The molecule has 0 aliphatic heterocycles. The lowest BCUT2D eigenvalue weighted by atomic mass is 10.2. The van der Waals surface area contributed by atoms with Crippen molar-refractivity contribution in [1.82, 2.24) is 14.1 Å². The van der Waals surface area contributed by atoms with E-state index in [-0.39, 0.29) is 16.9 Å². The minimum atomic E-state index is -0.446. The first-order chi connectivity index (χ1) is 9.95. The fraction of sp³-hybridized carbons (Fsp3) is 0.385. The number of hydrogen-bond donors (Lipinski definition) is 2. The van der Waals surface area contributed by atoms with Crippen LogP contribution in [0.2, 0.25) is 0 Å². The Balaban J connectivity index is 2.45. The average molecular weight is 291 g/mol. The lowest BCUT2D eigenvalue weighted by Gasteiger charge is -2.09. The van der Waals surface area contributed by atoms with Gasteiger partial charge in [0.15, 0.2) is 0 Å². The number of carbonyl (C=O) groups is 1. The molecular weight excluding hydrogens is 274 g/mol. The molecule has 2 aromatic heterocycles. The summed E-state index contributed by atoms with van der Waals surface area (Å²) in [4.78, 5) is 39.6. The Morgan fingerprint density at radius 2 is 2.05 bits per heavy atom. The third kappa shape index (κ3) is 2.84. The van der Waals surface area contributed by atoms with Gasteiger partial charge < -0.3 is 11.1 Å². The van der Waals surface area contributed by atoms with Crippen LogP contribution in [0.4, 0.5) is 5.69 Å². The molecule has 2 heterocycles. The molecule has 8 heteroatoms. The maximum Gasteiger partial charge on any atom is 0.332 e. The van der Waals surface area contributed by atoms with E-state index in [1.165, 1.54) is 30.9 Å². The second kappa shape index (κ2) is 5.88. The molecule has 2 aromatic rings. The number of carbonyl (C=O) groups excluding carboxylic acids is 1. The maximum absolute atomic E-state index is 12.1. The summed E-state index contributed by atoms with van der Waals surface area (Å²) < 4.78 is 2.29. The van der Waals surface area contributed by atoms with E-state index in [0.717, 1.165) is 4.57 Å². The van der Waals surface area contributed by atoms with Crippen LogP contribution in [0, 0.1) is 0 Å². The van der Waals surface area contributed by atoms with Crippen molar-refractivity contribution < 1.29 is 4.79 Å². The van der Waals surface area contributed by atoms with Crippen molar-refractivity contribution in [3.05, 3.63) is 33.1 Å². The first kappa shape index (κ1) is 14.9. The molecule has 0 aliphatic rings. The topological polar surface area (TPSA) is 112 Å². The molecule has 1 amide bonds. The van der Waals surface area contributed by atoms with Crippen LogP contribution in [0.5, 0.6) is 0 Å². The summed E-state index contributed by atoms with van der Waals surface area (Å²) in [6.07, 6.45) is 2.31. The van der Waals surface area contributed by atoms with Crippen LogP contribution in [-0.4, -0.2) is 26.6 Å². The number of amides is 1. The largest absolute Gasteiger partial charge is 0.332 e. The molecule has 21 heavy (non-hydrogen) atoms. The summed E-state index contributed by atoms with van der Waals surface area (Å²) in [7, 11) is 2.94. The predicted octanol–water partition coefficient (Wildman–Crippen LogP) is -0.690. The van der Waals surface area contributed by atoms with Gasteiger partial charge in [-0.25, -0.2) is 9.78 Å². The Kier molecular flexibility index (Phi) is 4.18. The number of aryl methyl sites for hydroxylation is 1. The fourth-order valence-corrected chi connectivity index (χ4v) is 2.02. The summed E-state index contributed by atoms with van der Waals surface area (Å²) in [6.45, 7) is 0.437. The van der Waals surface area contributed by atoms with Gasteiger partial charge in [0.05, 0.1) is 17.3 Å². The van der Waals surface area contributed by atoms with Crippen LogP contribution in [0.15, 0.2) is 21.9 Å². The Labute approximate surface area is 120 Å². The summed E-state index contributed by atoms with van der Waals surface area (Å²) in [6, 6.07) is 1.52. The Morgan fingerprint density at radius 1 is 1.33 bits per heavy atom. The highest BCUT2D eigenvalue weighted by molar-refractivity contribution is 5.92. The van der Waals surface area contributed by atoms with Crippen molar-refractivity contribution in [2.24, 2.45) is 19.8 Å². The molecule has 0 fully saturated rings. The van der Waals surface area contributed by atoms with Crippen molar-refractivity contribution in [3.63, 3.8) is 0 Å².